The molecule has 0 amide bonds. The zero-order chi connectivity index (χ0) is 33.5. The Kier molecular flexibility index (Phi) is 5.98. The van der Waals surface area contributed by atoms with Gasteiger partial charge in [-0.05, 0) is 76.3 Å². The third kappa shape index (κ3) is 4.20. The van der Waals surface area contributed by atoms with Gasteiger partial charge in [0.2, 0.25) is 0 Å². The monoisotopic (exact) mass is 650 g/mol. The van der Waals surface area contributed by atoms with Gasteiger partial charge in [0.15, 0.2) is 0 Å². The van der Waals surface area contributed by atoms with Crippen LogP contribution in [0.2, 0.25) is 0 Å². The Balaban J connectivity index is 1.05. The predicted octanol–water partition coefficient (Wildman–Crippen LogP) is 11.6. The minimum absolute atomic E-state index is 0.832. The number of hydrogen-bond donors (Lipinski definition) is 0. The fourth-order valence-corrected chi connectivity index (χ4v) is 8.33. The standard InChI is InChI=1S/C47H30N4/c1-2-10-30(11-3-1)31-18-22-35(23-19-31)50-42-16-8-6-14-37(42)39-26-32(20-24-44(39)50)33-21-25-45-40(27-33)38-15-7-9-17-43(38)51(45)47-41-28-34-12-4-5-13-36(34)46(41)48-29-49-47/h1-27,29H,28H2. The Morgan fingerprint density at radius 1 is 0.412 bits per heavy atom. The number of aromatic nitrogens is 4. The number of hydrogen-bond acceptors (Lipinski definition) is 2. The highest BCUT2D eigenvalue weighted by atomic mass is 15.1. The lowest BCUT2D eigenvalue weighted by molar-refractivity contribution is 1.00. The zero-order valence-corrected chi connectivity index (χ0v) is 27.7. The van der Waals surface area contributed by atoms with Crippen molar-refractivity contribution in [2.45, 2.75) is 6.42 Å². The van der Waals surface area contributed by atoms with Gasteiger partial charge in [-0.3, -0.25) is 4.57 Å². The number of fused-ring (bicyclic) bond motifs is 9. The first-order chi connectivity index (χ1) is 25.3. The van der Waals surface area contributed by atoms with E-state index in [-0.39, 0.29) is 0 Å². The Bertz CT molecular complexity index is 2980. The van der Waals surface area contributed by atoms with Crippen molar-refractivity contribution in [2.75, 3.05) is 0 Å². The van der Waals surface area contributed by atoms with Crippen LogP contribution in [-0.2, 0) is 6.42 Å². The molecule has 0 saturated heterocycles. The van der Waals surface area contributed by atoms with Crippen LogP contribution >= 0.6 is 0 Å². The van der Waals surface area contributed by atoms with E-state index in [2.05, 4.69) is 173 Å². The van der Waals surface area contributed by atoms with Crippen LogP contribution in [0.15, 0.2) is 170 Å². The van der Waals surface area contributed by atoms with Crippen molar-refractivity contribution in [1.29, 1.82) is 0 Å². The first-order valence-corrected chi connectivity index (χ1v) is 17.5. The summed E-state index contributed by atoms with van der Waals surface area (Å²) in [5.74, 6) is 0.959. The second-order valence-corrected chi connectivity index (χ2v) is 13.4. The van der Waals surface area contributed by atoms with E-state index >= 15 is 0 Å². The van der Waals surface area contributed by atoms with Crippen molar-refractivity contribution < 1.29 is 0 Å². The molecule has 0 spiro atoms. The molecule has 0 fully saturated rings. The van der Waals surface area contributed by atoms with Gasteiger partial charge in [0.05, 0.1) is 27.8 Å². The Morgan fingerprint density at radius 3 is 1.69 bits per heavy atom. The van der Waals surface area contributed by atoms with Crippen LogP contribution in [0, 0.1) is 0 Å². The van der Waals surface area contributed by atoms with Gasteiger partial charge in [-0.25, -0.2) is 9.97 Å². The smallest absolute Gasteiger partial charge is 0.145 e. The van der Waals surface area contributed by atoms with Gasteiger partial charge in [0.25, 0.3) is 0 Å². The van der Waals surface area contributed by atoms with Crippen molar-refractivity contribution >= 4 is 43.6 Å². The van der Waals surface area contributed by atoms with Gasteiger partial charge in [-0.1, -0.05) is 115 Å². The summed E-state index contributed by atoms with van der Waals surface area (Å²) in [6, 6.07) is 59.3. The molecule has 1 aliphatic rings. The summed E-state index contributed by atoms with van der Waals surface area (Å²) < 4.78 is 4.72. The quantitative estimate of drug-likeness (QED) is 0.190. The van der Waals surface area contributed by atoms with Crippen molar-refractivity contribution in [3.05, 3.63) is 181 Å². The van der Waals surface area contributed by atoms with E-state index in [1.165, 1.54) is 71.5 Å². The van der Waals surface area contributed by atoms with Crippen LogP contribution < -0.4 is 0 Å². The van der Waals surface area contributed by atoms with Gasteiger partial charge in [-0.15, -0.1) is 0 Å². The van der Waals surface area contributed by atoms with Crippen molar-refractivity contribution in [2.24, 2.45) is 0 Å². The van der Waals surface area contributed by atoms with E-state index in [0.29, 0.717) is 0 Å². The summed E-state index contributed by atoms with van der Waals surface area (Å²) in [5, 5.41) is 4.92. The highest BCUT2D eigenvalue weighted by Crippen LogP contribution is 2.41. The first-order valence-electron chi connectivity index (χ1n) is 17.5. The van der Waals surface area contributed by atoms with Crippen LogP contribution in [0.1, 0.15) is 11.1 Å². The topological polar surface area (TPSA) is 35.6 Å². The maximum atomic E-state index is 4.92. The molecule has 0 bridgehead atoms. The number of rotatable bonds is 4. The number of nitrogens with zero attached hydrogens (tertiary/aromatic N) is 4. The predicted molar refractivity (Wildman–Crippen MR) is 210 cm³/mol. The third-order valence-corrected chi connectivity index (χ3v) is 10.7. The molecule has 3 heterocycles. The summed E-state index contributed by atoms with van der Waals surface area (Å²) in [6.07, 6.45) is 2.55. The SMILES string of the molecule is c1ccc(-c2ccc(-n3c4ccccc4c4cc(-c5ccc6c(c5)c5ccccc5n6-c5ncnc6c5Cc5ccccc5-6)ccc43)cc2)cc1. The lowest BCUT2D eigenvalue weighted by atomic mass is 10.0. The largest absolute Gasteiger partial charge is 0.309 e. The van der Waals surface area contributed by atoms with Gasteiger partial charge in [0, 0.05) is 44.8 Å². The summed E-state index contributed by atoms with van der Waals surface area (Å²) in [5.41, 5.74) is 15.4. The highest BCUT2D eigenvalue weighted by molar-refractivity contribution is 6.12. The lowest BCUT2D eigenvalue weighted by Crippen LogP contribution is -2.03. The van der Waals surface area contributed by atoms with Gasteiger partial charge in [-0.2, -0.15) is 0 Å². The molecular weight excluding hydrogens is 621 g/mol. The number of para-hydroxylation sites is 2. The second kappa shape index (κ2) is 10.9. The van der Waals surface area contributed by atoms with Crippen molar-refractivity contribution in [3.63, 3.8) is 0 Å². The highest BCUT2D eigenvalue weighted by Gasteiger charge is 2.26. The van der Waals surface area contributed by atoms with Crippen molar-refractivity contribution in [3.8, 4) is 45.0 Å². The van der Waals surface area contributed by atoms with Crippen LogP contribution in [-0.4, -0.2) is 19.1 Å². The molecule has 1 aliphatic carbocycles. The Labute approximate surface area is 294 Å². The van der Waals surface area contributed by atoms with Crippen LogP contribution in [0.3, 0.4) is 0 Å². The molecule has 0 radical (unpaired) electrons. The Morgan fingerprint density at radius 2 is 0.961 bits per heavy atom. The average Bonchev–Trinajstić information content (AvgIpc) is 3.86. The van der Waals surface area contributed by atoms with E-state index in [0.717, 1.165) is 34.7 Å². The van der Waals surface area contributed by atoms with Crippen LogP contribution in [0.5, 0.6) is 0 Å². The summed E-state index contributed by atoms with van der Waals surface area (Å²) in [6.45, 7) is 0. The summed E-state index contributed by atoms with van der Waals surface area (Å²) in [7, 11) is 0. The molecule has 11 rings (SSSR count). The summed E-state index contributed by atoms with van der Waals surface area (Å²) >= 11 is 0. The molecule has 0 aliphatic heterocycles. The third-order valence-electron chi connectivity index (χ3n) is 10.7. The molecule has 0 unspecified atom stereocenters. The van der Waals surface area contributed by atoms with E-state index in [1.54, 1.807) is 6.33 Å². The van der Waals surface area contributed by atoms with E-state index < -0.39 is 0 Å². The van der Waals surface area contributed by atoms with Gasteiger partial charge < -0.3 is 4.57 Å². The molecule has 4 nitrogen and oxygen atoms in total. The molecule has 3 aromatic heterocycles. The van der Waals surface area contributed by atoms with E-state index in [1.807, 2.05) is 0 Å². The molecule has 4 heteroatoms. The fraction of sp³-hybridized carbons (Fsp3) is 0.0213. The molecule has 0 N–H and O–H groups in total. The van der Waals surface area contributed by atoms with Gasteiger partial charge in [0.1, 0.15) is 12.1 Å². The van der Waals surface area contributed by atoms with Gasteiger partial charge >= 0.3 is 0 Å². The van der Waals surface area contributed by atoms with E-state index in [9.17, 15) is 0 Å². The molecule has 10 aromatic rings. The first kappa shape index (κ1) is 28.1. The molecule has 238 valence electrons. The molecule has 51 heavy (non-hydrogen) atoms. The number of benzene rings is 7. The fourth-order valence-electron chi connectivity index (χ4n) is 8.33. The van der Waals surface area contributed by atoms with Crippen LogP contribution in [0.25, 0.3) is 88.6 Å². The second-order valence-electron chi connectivity index (χ2n) is 13.4. The maximum absolute atomic E-state index is 4.92. The molecule has 0 atom stereocenters. The zero-order valence-electron chi connectivity index (χ0n) is 27.7. The molecule has 0 saturated carbocycles. The lowest BCUT2D eigenvalue weighted by Gasteiger charge is -2.11. The minimum Gasteiger partial charge on any atom is -0.309 e. The van der Waals surface area contributed by atoms with E-state index in [4.69, 9.17) is 9.97 Å². The van der Waals surface area contributed by atoms with Crippen LogP contribution in [0.4, 0.5) is 0 Å². The maximum Gasteiger partial charge on any atom is 0.145 e. The molecular formula is C47H30N4. The average molecular weight is 651 g/mol. The molecule has 7 aromatic carbocycles. The normalized spacial score (nSPS) is 12.2. The summed E-state index contributed by atoms with van der Waals surface area (Å²) in [4.78, 5) is 9.66. The van der Waals surface area contributed by atoms with Crippen molar-refractivity contribution in [1.82, 2.24) is 19.1 Å². The minimum atomic E-state index is 0.832. The Hall–Kier alpha value is -6.78.